The Bertz CT molecular complexity index is 1470. The summed E-state index contributed by atoms with van der Waals surface area (Å²) in [6, 6.07) is 21.6. The lowest BCUT2D eigenvalue weighted by molar-refractivity contribution is -0.0116. The number of rotatable bonds is 11. The lowest BCUT2D eigenvalue weighted by atomic mass is 10.1. The highest BCUT2D eigenvalue weighted by molar-refractivity contribution is 5.98. The number of methoxy groups -OCH3 is 2. The highest BCUT2D eigenvalue weighted by Crippen LogP contribution is 2.37. The molecule has 212 valence electrons. The van der Waals surface area contributed by atoms with Crippen molar-refractivity contribution in [2.24, 2.45) is 0 Å². The van der Waals surface area contributed by atoms with Gasteiger partial charge in [0.1, 0.15) is 25.1 Å². The number of hydrogen-bond acceptors (Lipinski definition) is 7. The van der Waals surface area contributed by atoms with Crippen LogP contribution in [-0.2, 0) is 20.7 Å². The molecule has 2 amide bonds. The quantitative estimate of drug-likeness (QED) is 0.253. The first-order chi connectivity index (χ1) is 20.1. The van der Waals surface area contributed by atoms with Crippen molar-refractivity contribution in [3.05, 3.63) is 107 Å². The average molecular weight is 556 g/mol. The maximum Gasteiger partial charge on any atom is 0.407 e. The maximum atomic E-state index is 13.2. The van der Waals surface area contributed by atoms with Crippen molar-refractivity contribution >= 4 is 17.7 Å². The standard InChI is InChI=1S/C32H33N3O6/c1-38-26(21-41-34-24-14-15-28-23(18-24)17-22-9-3-4-11-27(22)28)20-40-32(37)33-19-25-10-7-8-16-35(25)31(36)29-12-5-6-13-30(29)39-2/h3-15,18,26,34H,16-17,19-21H2,1-2H3,(H,33,37). The summed E-state index contributed by atoms with van der Waals surface area (Å²) >= 11 is 0. The summed E-state index contributed by atoms with van der Waals surface area (Å²) in [5.74, 6) is 0.271. The van der Waals surface area contributed by atoms with Gasteiger partial charge in [-0.1, -0.05) is 54.6 Å². The summed E-state index contributed by atoms with van der Waals surface area (Å²) in [5, 5.41) is 2.71. The number of allylic oxidation sites excluding steroid dienone is 2. The molecule has 0 saturated carbocycles. The highest BCUT2D eigenvalue weighted by Gasteiger charge is 2.24. The third-order valence-electron chi connectivity index (χ3n) is 7.04. The summed E-state index contributed by atoms with van der Waals surface area (Å²) in [7, 11) is 3.06. The number of carbonyl (C=O) groups excluding carboxylic acids is 2. The normalized spacial score (nSPS) is 14.0. The number of nitrogens with zero attached hydrogens (tertiary/aromatic N) is 1. The minimum atomic E-state index is -0.627. The number of carbonyl (C=O) groups is 2. The number of nitrogens with one attached hydrogen (secondary N) is 2. The van der Waals surface area contributed by atoms with Crippen LogP contribution >= 0.6 is 0 Å². The van der Waals surface area contributed by atoms with Crippen LogP contribution in [0.1, 0.15) is 21.5 Å². The third kappa shape index (κ3) is 6.59. The SMILES string of the molecule is COc1ccccc1C(=O)N1CC=CC=C1CNC(=O)OCC(CONc1ccc2c(c1)Cc1ccccc1-2)OC. The van der Waals surface area contributed by atoms with E-state index in [2.05, 4.69) is 47.2 Å². The number of ether oxygens (including phenoxy) is 3. The Morgan fingerprint density at radius 2 is 1.76 bits per heavy atom. The molecule has 2 N–H and O–H groups in total. The van der Waals surface area contributed by atoms with E-state index in [4.69, 9.17) is 19.0 Å². The van der Waals surface area contributed by atoms with Gasteiger partial charge in [-0.2, -0.15) is 0 Å². The molecule has 41 heavy (non-hydrogen) atoms. The molecule has 1 atom stereocenters. The smallest absolute Gasteiger partial charge is 0.407 e. The second-order valence-electron chi connectivity index (χ2n) is 9.63. The van der Waals surface area contributed by atoms with Gasteiger partial charge in [-0.15, -0.1) is 0 Å². The van der Waals surface area contributed by atoms with Crippen LogP contribution in [-0.4, -0.2) is 63.5 Å². The second-order valence-corrected chi connectivity index (χ2v) is 9.63. The van der Waals surface area contributed by atoms with Crippen molar-refractivity contribution in [2.75, 3.05) is 46.0 Å². The topological polar surface area (TPSA) is 98.4 Å². The average Bonchev–Trinajstić information content (AvgIpc) is 3.39. The van der Waals surface area contributed by atoms with Gasteiger partial charge in [0.05, 0.1) is 24.9 Å². The van der Waals surface area contributed by atoms with Crippen molar-refractivity contribution in [2.45, 2.75) is 12.5 Å². The first-order valence-electron chi connectivity index (χ1n) is 13.4. The first-order valence-corrected chi connectivity index (χ1v) is 13.4. The Kier molecular flexibility index (Phi) is 8.98. The van der Waals surface area contributed by atoms with E-state index < -0.39 is 12.2 Å². The number of amides is 2. The van der Waals surface area contributed by atoms with Crippen LogP contribution < -0.4 is 15.5 Å². The first kappa shape index (κ1) is 27.9. The molecule has 3 aromatic carbocycles. The van der Waals surface area contributed by atoms with E-state index in [0.29, 0.717) is 23.6 Å². The van der Waals surface area contributed by atoms with Crippen molar-refractivity contribution < 1.29 is 28.6 Å². The fraction of sp³-hybridized carbons (Fsp3) is 0.250. The number of hydrogen-bond donors (Lipinski definition) is 2. The molecule has 9 heteroatoms. The van der Waals surface area contributed by atoms with Crippen molar-refractivity contribution in [3.8, 4) is 16.9 Å². The molecule has 0 radical (unpaired) electrons. The van der Waals surface area contributed by atoms with E-state index >= 15 is 0 Å². The molecule has 1 aliphatic heterocycles. The molecule has 0 bridgehead atoms. The summed E-state index contributed by atoms with van der Waals surface area (Å²) in [5.41, 5.74) is 9.96. The number of anilines is 1. The summed E-state index contributed by atoms with van der Waals surface area (Å²) in [4.78, 5) is 32.9. The van der Waals surface area contributed by atoms with Gasteiger partial charge in [-0.3, -0.25) is 15.1 Å². The van der Waals surface area contributed by atoms with Gasteiger partial charge < -0.3 is 24.4 Å². The Morgan fingerprint density at radius 3 is 2.61 bits per heavy atom. The lowest BCUT2D eigenvalue weighted by Crippen LogP contribution is -2.39. The van der Waals surface area contributed by atoms with E-state index in [1.165, 1.54) is 36.5 Å². The highest BCUT2D eigenvalue weighted by atomic mass is 16.7. The molecule has 0 spiro atoms. The zero-order chi connectivity index (χ0) is 28.6. The second kappa shape index (κ2) is 13.2. The largest absolute Gasteiger partial charge is 0.496 e. The molecule has 1 aliphatic carbocycles. The molecular formula is C32H33N3O6. The third-order valence-corrected chi connectivity index (χ3v) is 7.04. The van der Waals surface area contributed by atoms with Crippen LogP contribution in [0.4, 0.5) is 10.5 Å². The van der Waals surface area contributed by atoms with Crippen LogP contribution in [0.15, 0.2) is 90.7 Å². The lowest BCUT2D eigenvalue weighted by Gasteiger charge is -2.27. The molecule has 2 aliphatic rings. The monoisotopic (exact) mass is 555 g/mol. The molecule has 0 fully saturated rings. The number of benzene rings is 3. The molecular weight excluding hydrogens is 522 g/mol. The van der Waals surface area contributed by atoms with Crippen molar-refractivity contribution in [1.29, 1.82) is 0 Å². The minimum absolute atomic E-state index is 0.00762. The van der Waals surface area contributed by atoms with Gasteiger partial charge in [0.25, 0.3) is 5.91 Å². The maximum absolute atomic E-state index is 13.2. The predicted molar refractivity (Wildman–Crippen MR) is 156 cm³/mol. The van der Waals surface area contributed by atoms with E-state index in [0.717, 1.165) is 12.1 Å². The van der Waals surface area contributed by atoms with Gasteiger partial charge >= 0.3 is 6.09 Å². The van der Waals surface area contributed by atoms with Crippen LogP contribution in [0.5, 0.6) is 5.75 Å². The predicted octanol–water partition coefficient (Wildman–Crippen LogP) is 4.95. The van der Waals surface area contributed by atoms with Crippen molar-refractivity contribution in [3.63, 3.8) is 0 Å². The molecule has 1 unspecified atom stereocenters. The number of alkyl carbamates (subject to hydrolysis) is 1. The minimum Gasteiger partial charge on any atom is -0.496 e. The van der Waals surface area contributed by atoms with Crippen molar-refractivity contribution in [1.82, 2.24) is 10.2 Å². The Labute approximate surface area is 239 Å². The van der Waals surface area contributed by atoms with Crippen LogP contribution in [0.25, 0.3) is 11.1 Å². The fourth-order valence-corrected chi connectivity index (χ4v) is 4.88. The van der Waals surface area contributed by atoms with Crippen LogP contribution in [0.2, 0.25) is 0 Å². The van der Waals surface area contributed by atoms with E-state index in [1.807, 2.05) is 18.2 Å². The van der Waals surface area contributed by atoms with E-state index in [9.17, 15) is 9.59 Å². The zero-order valence-corrected chi connectivity index (χ0v) is 23.1. The van der Waals surface area contributed by atoms with E-state index in [1.54, 1.807) is 35.2 Å². The Morgan fingerprint density at radius 1 is 0.951 bits per heavy atom. The van der Waals surface area contributed by atoms with Gasteiger partial charge in [0.15, 0.2) is 0 Å². The number of para-hydroxylation sites is 1. The number of fused-ring (bicyclic) bond motifs is 3. The Hall–Kier alpha value is -4.60. The molecule has 5 rings (SSSR count). The molecule has 3 aromatic rings. The van der Waals surface area contributed by atoms with Gasteiger partial charge in [-0.25, -0.2) is 4.79 Å². The molecule has 9 nitrogen and oxygen atoms in total. The summed E-state index contributed by atoms with van der Waals surface area (Å²) in [6.45, 7) is 0.652. The Balaban J connectivity index is 1.07. The zero-order valence-electron chi connectivity index (χ0n) is 23.1. The summed E-state index contributed by atoms with van der Waals surface area (Å²) in [6.07, 6.45) is 5.29. The summed E-state index contributed by atoms with van der Waals surface area (Å²) < 4.78 is 16.1. The molecule has 1 heterocycles. The molecule has 0 aromatic heterocycles. The van der Waals surface area contributed by atoms with Gasteiger partial charge in [0.2, 0.25) is 0 Å². The molecule has 0 saturated heterocycles. The van der Waals surface area contributed by atoms with Gasteiger partial charge in [-0.05, 0) is 59.0 Å². The van der Waals surface area contributed by atoms with Crippen LogP contribution in [0.3, 0.4) is 0 Å². The van der Waals surface area contributed by atoms with Crippen LogP contribution in [0, 0.1) is 0 Å². The fourth-order valence-electron chi connectivity index (χ4n) is 4.88. The van der Waals surface area contributed by atoms with E-state index in [-0.39, 0.29) is 25.7 Å². The van der Waals surface area contributed by atoms with Gasteiger partial charge in [0, 0.05) is 19.4 Å².